The lowest BCUT2D eigenvalue weighted by molar-refractivity contribution is 0.1000. The molecule has 1 fully saturated rings. The van der Waals surface area contributed by atoms with Crippen molar-refractivity contribution in [1.29, 1.82) is 5.26 Å². The van der Waals surface area contributed by atoms with E-state index < -0.39 is 12.1 Å². The van der Waals surface area contributed by atoms with Gasteiger partial charge >= 0.3 is 0 Å². The van der Waals surface area contributed by atoms with Crippen molar-refractivity contribution in [1.82, 2.24) is 0 Å². The lowest BCUT2D eigenvalue weighted by atomic mass is 9.97. The monoisotopic (exact) mass is 409 g/mol. The van der Waals surface area contributed by atoms with Crippen molar-refractivity contribution in [2.45, 2.75) is 37.8 Å². The summed E-state index contributed by atoms with van der Waals surface area (Å²) >= 11 is 0. The Morgan fingerprint density at radius 3 is 2.83 bits per heavy atom. The number of amides is 1. The van der Waals surface area contributed by atoms with Crippen molar-refractivity contribution < 1.29 is 19.4 Å². The van der Waals surface area contributed by atoms with Gasteiger partial charge in [-0.2, -0.15) is 5.26 Å². The van der Waals surface area contributed by atoms with E-state index in [1.54, 1.807) is 25.3 Å². The predicted molar refractivity (Wildman–Crippen MR) is 114 cm³/mol. The molecule has 0 bridgehead atoms. The molecule has 0 aliphatic carbocycles. The van der Waals surface area contributed by atoms with Crippen molar-refractivity contribution in [2.24, 2.45) is 5.73 Å². The Morgan fingerprint density at radius 1 is 1.27 bits per heavy atom. The van der Waals surface area contributed by atoms with Crippen LogP contribution in [0.5, 0.6) is 11.5 Å². The first-order valence-electron chi connectivity index (χ1n) is 10.1. The summed E-state index contributed by atoms with van der Waals surface area (Å²) < 4.78 is 11.3. The number of methoxy groups -OCH3 is 1. The first-order valence-corrected chi connectivity index (χ1v) is 10.1. The van der Waals surface area contributed by atoms with Crippen molar-refractivity contribution in [3.05, 3.63) is 53.6 Å². The number of aliphatic hydroxyl groups is 1. The van der Waals surface area contributed by atoms with Gasteiger partial charge in [0.2, 0.25) is 5.91 Å². The third-order valence-corrected chi connectivity index (χ3v) is 5.33. The Kier molecular flexibility index (Phi) is 7.15. The highest BCUT2D eigenvalue weighted by molar-refractivity contribution is 5.93. The second kappa shape index (κ2) is 9.99. The fraction of sp³-hybridized carbons (Fsp3) is 0.391. The Labute approximate surface area is 176 Å². The number of primary amides is 1. The van der Waals surface area contributed by atoms with Gasteiger partial charge in [-0.3, -0.25) is 4.79 Å². The van der Waals surface area contributed by atoms with Gasteiger partial charge in [0.15, 0.2) is 11.5 Å². The number of nitriles is 1. The topological polar surface area (TPSA) is 109 Å². The summed E-state index contributed by atoms with van der Waals surface area (Å²) in [6, 6.07) is 15.0. The normalized spacial score (nSPS) is 18.1. The molecule has 158 valence electrons. The lowest BCUT2D eigenvalue weighted by Crippen LogP contribution is -2.29. The van der Waals surface area contributed by atoms with Gasteiger partial charge in [-0.25, -0.2) is 0 Å². The summed E-state index contributed by atoms with van der Waals surface area (Å²) in [7, 11) is 1.60. The van der Waals surface area contributed by atoms with Gasteiger partial charge in [-0.1, -0.05) is 12.1 Å². The first kappa shape index (κ1) is 21.5. The molecule has 0 aromatic heterocycles. The van der Waals surface area contributed by atoms with E-state index >= 15 is 0 Å². The van der Waals surface area contributed by atoms with Crippen LogP contribution in [0, 0.1) is 11.3 Å². The SMILES string of the molecule is COc1ccc(C2CC(O)N(c3cccc(C(N)=O)c3)C2)cc1OCCCCC#N. The van der Waals surface area contributed by atoms with Crippen LogP contribution in [0.4, 0.5) is 5.69 Å². The van der Waals surface area contributed by atoms with E-state index in [0.717, 1.165) is 24.1 Å². The maximum Gasteiger partial charge on any atom is 0.248 e. The van der Waals surface area contributed by atoms with Crippen LogP contribution in [0.1, 0.15) is 47.5 Å². The minimum Gasteiger partial charge on any atom is -0.493 e. The zero-order chi connectivity index (χ0) is 21.5. The van der Waals surface area contributed by atoms with Crippen LogP contribution in [-0.4, -0.2) is 37.5 Å². The highest BCUT2D eigenvalue weighted by Crippen LogP contribution is 2.38. The van der Waals surface area contributed by atoms with Gasteiger partial charge in [0.05, 0.1) is 19.8 Å². The summed E-state index contributed by atoms with van der Waals surface area (Å²) in [5.41, 5.74) is 7.62. The molecule has 1 amide bonds. The number of carbonyl (C=O) groups is 1. The van der Waals surface area contributed by atoms with E-state index in [4.69, 9.17) is 20.5 Å². The standard InChI is InChI=1S/C23H27N3O4/c1-29-20-9-8-16(13-21(20)30-11-4-2-3-10-24)18-14-22(27)26(15-18)19-7-5-6-17(12-19)23(25)28/h5-9,12-13,18,22,27H,2-4,11,14-15H2,1H3,(H2,25,28). The highest BCUT2D eigenvalue weighted by atomic mass is 16.5. The van der Waals surface area contributed by atoms with E-state index in [9.17, 15) is 9.90 Å². The number of rotatable bonds is 9. The molecule has 2 unspecified atom stereocenters. The second-order valence-corrected chi connectivity index (χ2v) is 7.35. The Hall–Kier alpha value is -3.24. The molecular weight excluding hydrogens is 382 g/mol. The maximum atomic E-state index is 11.5. The molecule has 2 atom stereocenters. The van der Waals surface area contributed by atoms with Gasteiger partial charge < -0.3 is 25.2 Å². The molecule has 1 aliphatic rings. The van der Waals surface area contributed by atoms with Gasteiger partial charge in [0.1, 0.15) is 6.23 Å². The Balaban J connectivity index is 1.73. The molecule has 7 nitrogen and oxygen atoms in total. The zero-order valence-corrected chi connectivity index (χ0v) is 17.1. The summed E-state index contributed by atoms with van der Waals surface area (Å²) in [5, 5.41) is 19.3. The number of benzene rings is 2. The average molecular weight is 409 g/mol. The molecule has 30 heavy (non-hydrogen) atoms. The summed E-state index contributed by atoms with van der Waals surface area (Å²) in [6.07, 6.45) is 2.03. The number of hydrogen-bond acceptors (Lipinski definition) is 6. The molecule has 3 N–H and O–H groups in total. The molecule has 0 radical (unpaired) electrons. The number of nitrogens with zero attached hydrogens (tertiary/aromatic N) is 2. The molecule has 0 saturated carbocycles. The smallest absolute Gasteiger partial charge is 0.248 e. The maximum absolute atomic E-state index is 11.5. The fourth-order valence-corrected chi connectivity index (χ4v) is 3.72. The molecule has 1 heterocycles. The van der Waals surface area contributed by atoms with E-state index in [-0.39, 0.29) is 5.92 Å². The lowest BCUT2D eigenvalue weighted by Gasteiger charge is -2.23. The van der Waals surface area contributed by atoms with Crippen molar-refractivity contribution >= 4 is 11.6 Å². The van der Waals surface area contributed by atoms with Crippen molar-refractivity contribution in [3.63, 3.8) is 0 Å². The fourth-order valence-electron chi connectivity index (χ4n) is 3.72. The predicted octanol–water partition coefficient (Wildman–Crippen LogP) is 3.18. The zero-order valence-electron chi connectivity index (χ0n) is 17.1. The average Bonchev–Trinajstić information content (AvgIpc) is 3.15. The summed E-state index contributed by atoms with van der Waals surface area (Å²) in [6.45, 7) is 1.12. The van der Waals surface area contributed by atoms with Crippen molar-refractivity contribution in [2.75, 3.05) is 25.2 Å². The number of nitrogens with two attached hydrogens (primary N) is 1. The van der Waals surface area contributed by atoms with Crippen LogP contribution in [0.3, 0.4) is 0 Å². The van der Waals surface area contributed by atoms with Crippen LogP contribution < -0.4 is 20.1 Å². The number of aliphatic hydroxyl groups excluding tert-OH is 1. The van der Waals surface area contributed by atoms with Gasteiger partial charge in [0.25, 0.3) is 0 Å². The summed E-state index contributed by atoms with van der Waals surface area (Å²) in [4.78, 5) is 13.4. The molecule has 2 aromatic carbocycles. The molecule has 1 aliphatic heterocycles. The van der Waals surface area contributed by atoms with Crippen LogP contribution in [-0.2, 0) is 0 Å². The number of ether oxygens (including phenoxy) is 2. The van der Waals surface area contributed by atoms with Crippen LogP contribution in [0.2, 0.25) is 0 Å². The first-order chi connectivity index (χ1) is 14.5. The van der Waals surface area contributed by atoms with Crippen LogP contribution in [0.15, 0.2) is 42.5 Å². The van der Waals surface area contributed by atoms with Gasteiger partial charge in [-0.15, -0.1) is 0 Å². The third kappa shape index (κ3) is 5.02. The molecule has 2 aromatic rings. The van der Waals surface area contributed by atoms with Crippen molar-refractivity contribution in [3.8, 4) is 17.6 Å². The highest BCUT2D eigenvalue weighted by Gasteiger charge is 2.32. The van der Waals surface area contributed by atoms with Gasteiger partial charge in [0, 0.05) is 36.6 Å². The Bertz CT molecular complexity index is 925. The third-order valence-electron chi connectivity index (χ3n) is 5.33. The summed E-state index contributed by atoms with van der Waals surface area (Å²) in [5.74, 6) is 0.928. The number of carbonyl (C=O) groups excluding carboxylic acids is 1. The second-order valence-electron chi connectivity index (χ2n) is 7.35. The van der Waals surface area contributed by atoms with E-state index in [0.29, 0.717) is 43.1 Å². The van der Waals surface area contributed by atoms with Crippen LogP contribution in [0.25, 0.3) is 0 Å². The quantitative estimate of drug-likeness (QED) is 0.616. The Morgan fingerprint density at radius 2 is 2.10 bits per heavy atom. The van der Waals surface area contributed by atoms with E-state index in [2.05, 4.69) is 6.07 Å². The van der Waals surface area contributed by atoms with Gasteiger partial charge in [-0.05, 0) is 48.7 Å². The van der Waals surface area contributed by atoms with Crippen LogP contribution >= 0.6 is 0 Å². The van der Waals surface area contributed by atoms with E-state index in [1.807, 2.05) is 29.2 Å². The molecule has 1 saturated heterocycles. The molecule has 3 rings (SSSR count). The largest absolute Gasteiger partial charge is 0.493 e. The number of unbranched alkanes of at least 4 members (excludes halogenated alkanes) is 2. The molecule has 7 heteroatoms. The minimum atomic E-state index is -0.657. The molecular formula is C23H27N3O4. The molecule has 0 spiro atoms. The number of anilines is 1. The number of hydrogen-bond donors (Lipinski definition) is 2. The minimum absolute atomic E-state index is 0.101. The van der Waals surface area contributed by atoms with E-state index in [1.165, 1.54) is 0 Å².